The molecule has 0 unspecified atom stereocenters. The number of nitrogens with zero attached hydrogens (tertiary/aromatic N) is 4. The van der Waals surface area contributed by atoms with Gasteiger partial charge in [-0.25, -0.2) is 14.6 Å². The molecule has 1 fully saturated rings. The van der Waals surface area contributed by atoms with E-state index in [-0.39, 0.29) is 11.8 Å². The van der Waals surface area contributed by atoms with E-state index in [1.165, 1.54) is 0 Å². The van der Waals surface area contributed by atoms with Gasteiger partial charge in [0.25, 0.3) is 0 Å². The Morgan fingerprint density at radius 3 is 3.00 bits per heavy atom. The van der Waals surface area contributed by atoms with Crippen LogP contribution in [0.25, 0.3) is 11.2 Å². The topological polar surface area (TPSA) is 84.7 Å². The van der Waals surface area contributed by atoms with Crippen LogP contribution in [0.5, 0.6) is 0 Å². The number of hydrogen-bond donors (Lipinski definition) is 2. The molecule has 0 aromatic carbocycles. The van der Waals surface area contributed by atoms with E-state index in [9.17, 15) is 4.79 Å². The zero-order valence-electron chi connectivity index (χ0n) is 14.3. The third-order valence-electron chi connectivity index (χ3n) is 5.10. The van der Waals surface area contributed by atoms with E-state index in [2.05, 4.69) is 32.8 Å². The van der Waals surface area contributed by atoms with Gasteiger partial charge in [0.2, 0.25) is 5.91 Å². The molecule has 1 saturated heterocycles. The summed E-state index contributed by atoms with van der Waals surface area (Å²) in [5.74, 6) is 0.649. The van der Waals surface area contributed by atoms with Gasteiger partial charge in [0.1, 0.15) is 5.52 Å². The fourth-order valence-corrected chi connectivity index (χ4v) is 3.71. The molecule has 2 aliphatic rings. The monoisotopic (exact) mass is 340 g/mol. The highest BCUT2D eigenvalue weighted by Gasteiger charge is 2.24. The summed E-state index contributed by atoms with van der Waals surface area (Å²) < 4.78 is 1.89. The van der Waals surface area contributed by atoms with Gasteiger partial charge in [0.15, 0.2) is 5.65 Å². The highest BCUT2D eigenvalue weighted by Crippen LogP contribution is 2.26. The zero-order valence-corrected chi connectivity index (χ0v) is 14.3. The Morgan fingerprint density at radius 2 is 2.20 bits per heavy atom. The van der Waals surface area contributed by atoms with Crippen LogP contribution in [0.15, 0.2) is 24.5 Å². The Bertz CT molecular complexity index is 777. The Labute approximate surface area is 146 Å². The van der Waals surface area contributed by atoms with Gasteiger partial charge >= 0.3 is 0 Å². The summed E-state index contributed by atoms with van der Waals surface area (Å²) in [5, 5.41) is 11.2. The van der Waals surface area contributed by atoms with Crippen molar-refractivity contribution in [2.45, 2.75) is 38.1 Å². The van der Waals surface area contributed by atoms with Gasteiger partial charge in [-0.05, 0) is 32.2 Å². The molecule has 7 heteroatoms. The summed E-state index contributed by atoms with van der Waals surface area (Å²) >= 11 is 0. The molecule has 25 heavy (non-hydrogen) atoms. The highest BCUT2D eigenvalue weighted by atomic mass is 16.1. The lowest BCUT2D eigenvalue weighted by molar-refractivity contribution is -0.125. The van der Waals surface area contributed by atoms with Crippen molar-refractivity contribution in [2.24, 2.45) is 5.92 Å². The first-order chi connectivity index (χ1) is 12.3. The number of allylic oxidation sites excluding steroid dienone is 2. The number of fused-ring (bicyclic) bond motifs is 1. The van der Waals surface area contributed by atoms with Gasteiger partial charge in [0.05, 0.1) is 12.2 Å². The van der Waals surface area contributed by atoms with Crippen LogP contribution in [-0.2, 0) is 11.3 Å². The lowest BCUT2D eigenvalue weighted by Crippen LogP contribution is -2.33. The molecule has 7 nitrogen and oxygen atoms in total. The molecule has 3 heterocycles. The number of amides is 1. The Morgan fingerprint density at radius 1 is 1.28 bits per heavy atom. The van der Waals surface area contributed by atoms with Gasteiger partial charge in [-0.3, -0.25) is 4.79 Å². The van der Waals surface area contributed by atoms with Gasteiger partial charge in [0, 0.05) is 37.3 Å². The van der Waals surface area contributed by atoms with Crippen LogP contribution >= 0.6 is 0 Å². The maximum absolute atomic E-state index is 12.3. The first-order valence-electron chi connectivity index (χ1n) is 9.14. The van der Waals surface area contributed by atoms with E-state index >= 15 is 0 Å². The van der Waals surface area contributed by atoms with Crippen LogP contribution in [0.4, 0.5) is 0 Å². The second kappa shape index (κ2) is 7.31. The minimum Gasteiger partial charge on any atom is -0.354 e. The molecular formula is C18H24N6O. The van der Waals surface area contributed by atoms with E-state index in [0.717, 1.165) is 55.6 Å². The van der Waals surface area contributed by atoms with Crippen LogP contribution in [0, 0.1) is 5.92 Å². The number of aromatic nitrogens is 4. The molecule has 1 aliphatic heterocycles. The van der Waals surface area contributed by atoms with Crippen LogP contribution in [0.2, 0.25) is 0 Å². The molecule has 132 valence electrons. The molecule has 2 atom stereocenters. The Hall–Kier alpha value is -2.28. The van der Waals surface area contributed by atoms with E-state index in [1.54, 1.807) is 12.4 Å². The van der Waals surface area contributed by atoms with Gasteiger partial charge in [-0.2, -0.15) is 5.10 Å². The predicted molar refractivity (Wildman–Crippen MR) is 95.0 cm³/mol. The molecule has 0 saturated carbocycles. The standard InChI is InChI=1S/C18H24N6O/c25-18(13-4-2-1-3-5-13)22-10-11-24-17-16(20-8-9-21-17)15(23-24)14-6-7-19-12-14/h1-2,8-9,13-14,19H,3-7,10-12H2,(H,22,25)/t13-,14-/m0/s1. The van der Waals surface area contributed by atoms with Crippen molar-refractivity contribution in [3.8, 4) is 0 Å². The smallest absolute Gasteiger partial charge is 0.223 e. The number of rotatable bonds is 5. The van der Waals surface area contributed by atoms with Gasteiger partial charge < -0.3 is 10.6 Å². The largest absolute Gasteiger partial charge is 0.354 e. The Balaban J connectivity index is 1.44. The zero-order chi connectivity index (χ0) is 17.1. The van der Waals surface area contributed by atoms with Crippen LogP contribution < -0.4 is 10.6 Å². The van der Waals surface area contributed by atoms with Gasteiger partial charge in [-0.1, -0.05) is 12.2 Å². The van der Waals surface area contributed by atoms with Crippen LogP contribution in [-0.4, -0.2) is 45.3 Å². The Kier molecular flexibility index (Phi) is 4.74. The number of carbonyl (C=O) groups excluding carboxylic acids is 1. The molecule has 0 radical (unpaired) electrons. The van der Waals surface area contributed by atoms with Crippen LogP contribution in [0.3, 0.4) is 0 Å². The average molecular weight is 340 g/mol. The number of nitrogens with one attached hydrogen (secondary N) is 2. The van der Waals surface area contributed by atoms with E-state index < -0.39 is 0 Å². The minimum absolute atomic E-state index is 0.110. The third-order valence-corrected chi connectivity index (χ3v) is 5.10. The third kappa shape index (κ3) is 3.42. The van der Waals surface area contributed by atoms with Crippen molar-refractivity contribution in [3.63, 3.8) is 0 Å². The minimum atomic E-state index is 0.110. The summed E-state index contributed by atoms with van der Waals surface area (Å²) in [6, 6.07) is 0. The molecule has 4 rings (SSSR count). The maximum atomic E-state index is 12.3. The fourth-order valence-electron chi connectivity index (χ4n) is 3.71. The molecule has 2 aromatic heterocycles. The maximum Gasteiger partial charge on any atom is 0.223 e. The summed E-state index contributed by atoms with van der Waals surface area (Å²) in [6.07, 6.45) is 11.5. The lowest BCUT2D eigenvalue weighted by Gasteiger charge is -2.17. The quantitative estimate of drug-likeness (QED) is 0.803. The first kappa shape index (κ1) is 16.2. The molecule has 1 aliphatic carbocycles. The highest BCUT2D eigenvalue weighted by molar-refractivity contribution is 5.79. The lowest BCUT2D eigenvalue weighted by atomic mass is 9.94. The van der Waals surface area contributed by atoms with E-state index in [4.69, 9.17) is 5.10 Å². The van der Waals surface area contributed by atoms with Crippen molar-refractivity contribution in [2.75, 3.05) is 19.6 Å². The fraction of sp³-hybridized carbons (Fsp3) is 0.556. The predicted octanol–water partition coefficient (Wildman–Crippen LogP) is 1.38. The number of hydrogen-bond acceptors (Lipinski definition) is 5. The molecule has 2 aromatic rings. The second-order valence-electron chi connectivity index (χ2n) is 6.80. The molecule has 0 spiro atoms. The summed E-state index contributed by atoms with van der Waals surface area (Å²) in [7, 11) is 0. The SMILES string of the molecule is O=C(NCCn1nc([C@H]2CCNC2)c2nccnc21)[C@H]1CC=CCC1. The number of carbonyl (C=O) groups is 1. The van der Waals surface area contributed by atoms with Crippen molar-refractivity contribution in [1.82, 2.24) is 30.4 Å². The van der Waals surface area contributed by atoms with Crippen molar-refractivity contribution >= 4 is 17.1 Å². The molecule has 0 bridgehead atoms. The molecule has 1 amide bonds. The summed E-state index contributed by atoms with van der Waals surface area (Å²) in [5.41, 5.74) is 2.72. The molecular weight excluding hydrogens is 316 g/mol. The second-order valence-corrected chi connectivity index (χ2v) is 6.80. The average Bonchev–Trinajstić information content (AvgIpc) is 3.30. The van der Waals surface area contributed by atoms with E-state index in [1.807, 2.05) is 4.68 Å². The van der Waals surface area contributed by atoms with E-state index in [0.29, 0.717) is 19.0 Å². The summed E-state index contributed by atoms with van der Waals surface area (Å²) in [4.78, 5) is 21.2. The summed E-state index contributed by atoms with van der Waals surface area (Å²) in [6.45, 7) is 3.14. The van der Waals surface area contributed by atoms with Crippen molar-refractivity contribution in [3.05, 3.63) is 30.2 Å². The van der Waals surface area contributed by atoms with Gasteiger partial charge in [-0.15, -0.1) is 0 Å². The normalized spacial score (nSPS) is 23.2. The van der Waals surface area contributed by atoms with Crippen molar-refractivity contribution < 1.29 is 4.79 Å². The van der Waals surface area contributed by atoms with Crippen LogP contribution in [0.1, 0.15) is 37.3 Å². The molecule has 2 N–H and O–H groups in total. The first-order valence-corrected chi connectivity index (χ1v) is 9.14. The van der Waals surface area contributed by atoms with Crippen molar-refractivity contribution in [1.29, 1.82) is 0 Å².